The van der Waals surface area contributed by atoms with E-state index < -0.39 is 6.09 Å². The van der Waals surface area contributed by atoms with Crippen molar-refractivity contribution in [2.45, 2.75) is 26.8 Å². The van der Waals surface area contributed by atoms with Gasteiger partial charge in [0.2, 0.25) is 5.96 Å². The number of amides is 1. The molecule has 10 nitrogen and oxygen atoms in total. The summed E-state index contributed by atoms with van der Waals surface area (Å²) in [4.78, 5) is 34.7. The zero-order valence-electron chi connectivity index (χ0n) is 22.4. The highest BCUT2D eigenvalue weighted by molar-refractivity contribution is 6.04. The Bertz CT molecular complexity index is 1210. The Labute approximate surface area is 224 Å². The van der Waals surface area contributed by atoms with E-state index in [0.29, 0.717) is 11.5 Å². The molecule has 0 spiro atoms. The predicted molar refractivity (Wildman–Crippen MR) is 150 cm³/mol. The molecule has 0 aliphatic carbocycles. The molecule has 2 aromatic heterocycles. The standard InChI is InChI=1S/C28H36N8O2/c1-4-13-35-14-16-36(17-15-35)20-23-9-7-22(19-32-23)21-8-10-25(24(18-21)26-30-11-6-12-31-26)33-27(29-3)34-28(37)38-5-2/h6-12,18-19H,4-5,13-17,20H2,1-3H3,(H2,29,33,34,37). The van der Waals surface area contributed by atoms with Gasteiger partial charge in [0.15, 0.2) is 5.82 Å². The number of alkyl carbamates (subject to hydrolysis) is 1. The molecule has 38 heavy (non-hydrogen) atoms. The highest BCUT2D eigenvalue weighted by Crippen LogP contribution is 2.31. The molecule has 2 N–H and O–H groups in total. The van der Waals surface area contributed by atoms with Crippen molar-refractivity contribution in [1.82, 2.24) is 30.1 Å². The van der Waals surface area contributed by atoms with Crippen LogP contribution in [-0.2, 0) is 11.3 Å². The third kappa shape index (κ3) is 7.33. The molecular formula is C28H36N8O2. The molecule has 1 aromatic carbocycles. The van der Waals surface area contributed by atoms with Gasteiger partial charge in [0.1, 0.15) is 0 Å². The maximum atomic E-state index is 11.9. The van der Waals surface area contributed by atoms with E-state index in [1.807, 2.05) is 24.4 Å². The first kappa shape index (κ1) is 27.2. The number of guanidine groups is 1. The van der Waals surface area contributed by atoms with Gasteiger partial charge >= 0.3 is 6.09 Å². The average molecular weight is 517 g/mol. The first-order valence-electron chi connectivity index (χ1n) is 13.1. The molecule has 1 fully saturated rings. The third-order valence-electron chi connectivity index (χ3n) is 6.35. The summed E-state index contributed by atoms with van der Waals surface area (Å²) in [5, 5.41) is 5.77. The second-order valence-electron chi connectivity index (χ2n) is 9.03. The lowest BCUT2D eigenvalue weighted by Gasteiger charge is -2.34. The summed E-state index contributed by atoms with van der Waals surface area (Å²) in [7, 11) is 1.58. The summed E-state index contributed by atoms with van der Waals surface area (Å²) in [6, 6.07) is 11.9. The number of pyridine rings is 1. The number of nitrogens with one attached hydrogen (secondary N) is 2. The van der Waals surface area contributed by atoms with Crippen molar-refractivity contribution >= 4 is 17.7 Å². The number of rotatable bonds is 8. The Morgan fingerprint density at radius 1 is 1.00 bits per heavy atom. The number of aromatic nitrogens is 3. The Kier molecular flexibility index (Phi) is 9.71. The first-order valence-corrected chi connectivity index (χ1v) is 13.1. The van der Waals surface area contributed by atoms with Gasteiger partial charge in [-0.3, -0.25) is 20.2 Å². The lowest BCUT2D eigenvalue weighted by atomic mass is 10.0. The minimum atomic E-state index is -0.580. The van der Waals surface area contributed by atoms with E-state index in [0.717, 1.165) is 55.1 Å². The molecule has 0 unspecified atom stereocenters. The average Bonchev–Trinajstić information content (AvgIpc) is 2.95. The van der Waals surface area contributed by atoms with Gasteiger partial charge in [0, 0.05) is 69.5 Å². The topological polar surface area (TPSA) is 108 Å². The Hall–Kier alpha value is -3.89. The maximum absolute atomic E-state index is 11.9. The number of carbonyl (C=O) groups excluding carboxylic acids is 1. The summed E-state index contributed by atoms with van der Waals surface area (Å²) >= 11 is 0. The number of piperazine rings is 1. The molecule has 0 saturated carbocycles. The van der Waals surface area contributed by atoms with Crippen molar-refractivity contribution < 1.29 is 9.53 Å². The van der Waals surface area contributed by atoms with E-state index in [-0.39, 0.29) is 12.6 Å². The third-order valence-corrected chi connectivity index (χ3v) is 6.35. The van der Waals surface area contributed by atoms with Crippen LogP contribution in [0.1, 0.15) is 26.0 Å². The molecule has 0 radical (unpaired) electrons. The molecule has 1 saturated heterocycles. The van der Waals surface area contributed by atoms with Gasteiger partial charge in [-0.05, 0) is 49.7 Å². The van der Waals surface area contributed by atoms with E-state index in [1.165, 1.54) is 13.0 Å². The van der Waals surface area contributed by atoms with Crippen molar-refractivity contribution in [2.24, 2.45) is 4.99 Å². The molecule has 0 bridgehead atoms. The summed E-state index contributed by atoms with van der Waals surface area (Å²) in [5.41, 5.74) is 4.52. The lowest BCUT2D eigenvalue weighted by Crippen LogP contribution is -2.46. The second kappa shape index (κ2) is 13.6. The van der Waals surface area contributed by atoms with E-state index in [2.05, 4.69) is 54.5 Å². The van der Waals surface area contributed by atoms with E-state index in [4.69, 9.17) is 9.72 Å². The molecule has 1 aliphatic rings. The summed E-state index contributed by atoms with van der Waals surface area (Å²) in [6.07, 6.45) is 5.94. The molecule has 4 rings (SSSR count). The number of hydrogen-bond donors (Lipinski definition) is 2. The summed E-state index contributed by atoms with van der Waals surface area (Å²) in [6.45, 7) is 10.7. The van der Waals surface area contributed by atoms with Gasteiger partial charge in [-0.15, -0.1) is 0 Å². The number of ether oxygens (including phenoxy) is 1. The quantitative estimate of drug-likeness (QED) is 0.343. The van der Waals surface area contributed by atoms with Crippen LogP contribution in [0.4, 0.5) is 10.5 Å². The minimum absolute atomic E-state index is 0.259. The van der Waals surface area contributed by atoms with Crippen molar-refractivity contribution in [2.75, 3.05) is 51.7 Å². The van der Waals surface area contributed by atoms with Crippen LogP contribution in [0.3, 0.4) is 0 Å². The first-order chi connectivity index (χ1) is 18.6. The molecule has 3 aromatic rings. The van der Waals surface area contributed by atoms with Crippen LogP contribution in [0, 0.1) is 0 Å². The highest BCUT2D eigenvalue weighted by Gasteiger charge is 2.17. The predicted octanol–water partition coefficient (Wildman–Crippen LogP) is 3.88. The summed E-state index contributed by atoms with van der Waals surface area (Å²) in [5.74, 6) is 0.810. The Morgan fingerprint density at radius 2 is 1.74 bits per heavy atom. The number of benzene rings is 1. The molecule has 0 atom stereocenters. The molecule has 1 amide bonds. The second-order valence-corrected chi connectivity index (χ2v) is 9.03. The molecular weight excluding hydrogens is 480 g/mol. The van der Waals surface area contributed by atoms with Crippen molar-refractivity contribution in [3.05, 3.63) is 60.7 Å². The van der Waals surface area contributed by atoms with Crippen LogP contribution in [0.5, 0.6) is 0 Å². The monoisotopic (exact) mass is 516 g/mol. The van der Waals surface area contributed by atoms with Crippen LogP contribution >= 0.6 is 0 Å². The fourth-order valence-electron chi connectivity index (χ4n) is 4.40. The van der Waals surface area contributed by atoms with E-state index in [1.54, 1.807) is 32.4 Å². The normalized spacial score (nSPS) is 14.8. The fourth-order valence-corrected chi connectivity index (χ4v) is 4.40. The van der Waals surface area contributed by atoms with E-state index >= 15 is 0 Å². The smallest absolute Gasteiger partial charge is 0.413 e. The van der Waals surface area contributed by atoms with Gasteiger partial charge < -0.3 is 15.0 Å². The number of carbonyl (C=O) groups is 1. The zero-order chi connectivity index (χ0) is 26.7. The van der Waals surface area contributed by atoms with Gasteiger partial charge in [0.05, 0.1) is 18.0 Å². The van der Waals surface area contributed by atoms with Crippen molar-refractivity contribution in [1.29, 1.82) is 0 Å². The lowest BCUT2D eigenvalue weighted by molar-refractivity contribution is 0.126. The molecule has 1 aliphatic heterocycles. The van der Waals surface area contributed by atoms with Crippen molar-refractivity contribution in [3.8, 4) is 22.5 Å². The molecule has 200 valence electrons. The van der Waals surface area contributed by atoms with Gasteiger partial charge in [0.25, 0.3) is 0 Å². The SMILES string of the molecule is CCCN1CCN(Cc2ccc(-c3ccc(NC(=NC)NC(=O)OCC)c(-c4ncccn4)c3)cn2)CC1. The van der Waals surface area contributed by atoms with Crippen LogP contribution in [0.2, 0.25) is 0 Å². The zero-order valence-corrected chi connectivity index (χ0v) is 22.4. The number of aliphatic imine (C=N–C) groups is 1. The fraction of sp³-hybridized carbons (Fsp3) is 0.393. The van der Waals surface area contributed by atoms with Gasteiger partial charge in [-0.25, -0.2) is 14.8 Å². The number of nitrogens with zero attached hydrogens (tertiary/aromatic N) is 6. The van der Waals surface area contributed by atoms with E-state index in [9.17, 15) is 4.79 Å². The maximum Gasteiger partial charge on any atom is 0.413 e. The van der Waals surface area contributed by atoms with Gasteiger partial charge in [-0.1, -0.05) is 19.1 Å². The van der Waals surface area contributed by atoms with Crippen LogP contribution in [0.15, 0.2) is 60.0 Å². The Balaban J connectivity index is 1.51. The number of hydrogen-bond acceptors (Lipinski definition) is 8. The van der Waals surface area contributed by atoms with Crippen molar-refractivity contribution in [3.63, 3.8) is 0 Å². The van der Waals surface area contributed by atoms with Crippen LogP contribution in [-0.4, -0.2) is 83.2 Å². The molecule has 10 heteroatoms. The molecule has 3 heterocycles. The van der Waals surface area contributed by atoms with Crippen LogP contribution in [0.25, 0.3) is 22.5 Å². The highest BCUT2D eigenvalue weighted by atomic mass is 16.5. The Morgan fingerprint density at radius 3 is 2.39 bits per heavy atom. The summed E-state index contributed by atoms with van der Waals surface area (Å²) < 4.78 is 4.97. The van der Waals surface area contributed by atoms with Gasteiger partial charge in [-0.2, -0.15) is 0 Å². The van der Waals surface area contributed by atoms with Crippen LogP contribution < -0.4 is 10.6 Å². The number of anilines is 1. The largest absolute Gasteiger partial charge is 0.450 e. The minimum Gasteiger partial charge on any atom is -0.450 e.